The van der Waals surface area contributed by atoms with Crippen molar-refractivity contribution >= 4 is 55.4 Å². The van der Waals surface area contributed by atoms with Crippen LogP contribution in [0.25, 0.3) is 44.0 Å². The number of rotatable bonds is 6. The van der Waals surface area contributed by atoms with Crippen LogP contribution in [0, 0.1) is 47.5 Å². The summed E-state index contributed by atoms with van der Waals surface area (Å²) in [6.45, 7) is 2.27. The number of fused-ring (bicyclic) bond motifs is 5. The van der Waals surface area contributed by atoms with E-state index < -0.39 is 29.5 Å². The van der Waals surface area contributed by atoms with Crippen molar-refractivity contribution in [1.29, 1.82) is 0 Å². The van der Waals surface area contributed by atoms with Gasteiger partial charge in [-0.3, -0.25) is 18.7 Å². The molecule has 4 heterocycles. The van der Waals surface area contributed by atoms with Gasteiger partial charge in [0.15, 0.2) is 6.04 Å². The zero-order chi connectivity index (χ0) is 62.0. The predicted octanol–water partition coefficient (Wildman–Crippen LogP) is 19.2. The van der Waals surface area contributed by atoms with E-state index in [2.05, 4.69) is 137 Å². The van der Waals surface area contributed by atoms with Crippen LogP contribution in [0.2, 0.25) is 0 Å². The molecule has 2 aromatic heterocycles. The fourth-order valence-electron chi connectivity index (χ4n) is 10.7. The van der Waals surface area contributed by atoms with Gasteiger partial charge in [-0.05, 0) is 105 Å². The monoisotopic (exact) mass is 1970 g/mol. The second-order valence-corrected chi connectivity index (χ2v) is 20.7. The predicted molar refractivity (Wildman–Crippen MR) is 322 cm³/mol. The van der Waals surface area contributed by atoms with Crippen molar-refractivity contribution < 1.29 is 124 Å². The van der Waals surface area contributed by atoms with Gasteiger partial charge in [0.25, 0.3) is 0 Å². The third kappa shape index (κ3) is 15.2. The zero-order valence-electron chi connectivity index (χ0n) is 47.9. The molecule has 15 rings (SSSR count). The molecule has 7 nitrogen and oxygen atoms in total. The number of para-hydroxylation sites is 2. The second-order valence-electron chi connectivity index (χ2n) is 20.7. The molecule has 476 valence electrons. The Morgan fingerprint density at radius 3 is 1.70 bits per heavy atom. The molecule has 93 heavy (non-hydrogen) atoms. The first-order valence-electron chi connectivity index (χ1n) is 27.5. The Morgan fingerprint density at radius 1 is 0.473 bits per heavy atom. The van der Waals surface area contributed by atoms with Crippen molar-refractivity contribution in [3.63, 3.8) is 0 Å². The molecule has 21 heteroatoms. The fraction of sp³-hybridized carbons (Fsp3) is 0.0694. The van der Waals surface area contributed by atoms with E-state index in [1.165, 1.54) is 110 Å². The van der Waals surface area contributed by atoms with Crippen molar-refractivity contribution in [1.82, 2.24) is 24.3 Å². The van der Waals surface area contributed by atoms with Gasteiger partial charge >= 0.3 is 12.4 Å². The Labute approximate surface area is 581 Å². The van der Waals surface area contributed by atoms with Gasteiger partial charge in [0.1, 0.15) is 17.3 Å². The van der Waals surface area contributed by atoms with Crippen molar-refractivity contribution in [2.75, 3.05) is 0 Å². The number of hydrogen-bond acceptors (Lipinski definition) is 4. The SMILES string of the molecule is CC1(c2ccccc2)C(c2[c-]cc3ccccc3c2)=Nc2ccccc21.FC(F)(F)c1ccc(C2N=[N+](c3[c-]ccc(C(F)(F)F)c3)c3ccccc32)cc1.Fc1c[c-]c(-n2ncc3cc(F)ccc32)cc1.Fc1cc[c-]c(-n2ncc3cc(F)ccc32)c1.[Ir].[Ir].[Ir].[Ir]. The fourth-order valence-corrected chi connectivity index (χ4v) is 10.7. The minimum absolute atomic E-state index is 0. The average Bonchev–Trinajstić information content (AvgIpc) is 1.60. The Balaban J connectivity index is 0.000000161. The smallest absolute Gasteiger partial charge is 0.300 e. The first-order chi connectivity index (χ1) is 42.9. The molecule has 0 fully saturated rings. The molecule has 0 amide bonds. The van der Waals surface area contributed by atoms with Crippen LogP contribution in [0.4, 0.5) is 61.0 Å². The molecule has 2 atom stereocenters. The summed E-state index contributed by atoms with van der Waals surface area (Å²) in [5.74, 6) is -1.33. The van der Waals surface area contributed by atoms with Gasteiger partial charge in [-0.25, -0.2) is 13.2 Å². The van der Waals surface area contributed by atoms with Crippen LogP contribution in [0.5, 0.6) is 0 Å². The number of hydrogen-bond donors (Lipinski definition) is 0. The molecule has 0 spiro atoms. The minimum atomic E-state index is -4.52. The Hall–Kier alpha value is -8.21. The van der Waals surface area contributed by atoms with Crippen LogP contribution in [-0.2, 0) is 98.2 Å². The number of benzene rings is 11. The van der Waals surface area contributed by atoms with Gasteiger partial charge in [0, 0.05) is 114 Å². The van der Waals surface area contributed by atoms with Crippen LogP contribution in [-0.4, -0.2) is 25.3 Å². The Morgan fingerprint density at radius 2 is 1.05 bits per heavy atom. The number of aromatic nitrogens is 4. The van der Waals surface area contributed by atoms with Crippen LogP contribution in [0.15, 0.2) is 253 Å². The second kappa shape index (κ2) is 29.8. The summed E-state index contributed by atoms with van der Waals surface area (Å²) in [4.78, 5) is 5.04. The summed E-state index contributed by atoms with van der Waals surface area (Å²) in [7, 11) is 0. The molecule has 11 aromatic carbocycles. The van der Waals surface area contributed by atoms with Gasteiger partial charge < -0.3 is 0 Å². The van der Waals surface area contributed by atoms with Crippen LogP contribution in [0.3, 0.4) is 0 Å². The maximum atomic E-state index is 13.1. The maximum Gasteiger partial charge on any atom is 0.416 e. The Kier molecular flexibility index (Phi) is 22.6. The Bertz CT molecular complexity index is 4810. The maximum absolute atomic E-state index is 13.1. The molecule has 0 saturated carbocycles. The van der Waals surface area contributed by atoms with Gasteiger partial charge in [-0.15, -0.1) is 65.5 Å². The standard InChI is InChI=1S/C25H18N.C21H12F6N2.2C13H7F2N2.4Ir/c1-25(21-11-3-2-4-12-21)22-13-7-8-14-23(22)26-24(25)20-16-15-18-9-5-6-10-19(18)17-20;22-20(23,24)14-10-8-13(9-11-14)19-17-6-1-2-7-18(17)29(28-19)16-5-3-4-15(12-16)21(25,26)27;14-10-1-4-12(5-2-10)17-13-6-3-11(15)7-9(13)8-16-17;14-10-2-1-3-12(7-10)17-13-5-4-11(15)6-9(13)8-16-17;;;;/h2-15,17H,1H3;1-4,6-12,19H;1-4,6-8H;1-2,4-8H;;;;/q-1;;2*-1;;;;. The third-order valence-corrected chi connectivity index (χ3v) is 15.0. The molecular formula is C72H44F10Ir4N7-3. The van der Waals surface area contributed by atoms with E-state index in [9.17, 15) is 43.9 Å². The van der Waals surface area contributed by atoms with Crippen molar-refractivity contribution in [3.8, 4) is 11.4 Å². The molecular weight excluding hydrogens is 1920 g/mol. The summed E-state index contributed by atoms with van der Waals surface area (Å²) in [5.41, 5.74) is 8.20. The molecule has 0 bridgehead atoms. The first kappa shape index (κ1) is 70.7. The molecule has 2 aliphatic rings. The van der Waals surface area contributed by atoms with E-state index in [4.69, 9.17) is 4.99 Å². The largest absolute Gasteiger partial charge is 0.416 e. The summed E-state index contributed by atoms with van der Waals surface area (Å²) in [6, 6.07) is 74.6. The van der Waals surface area contributed by atoms with Gasteiger partial charge in [-0.1, -0.05) is 120 Å². The normalized spacial score (nSPS) is 14.3. The van der Waals surface area contributed by atoms with Crippen molar-refractivity contribution in [2.24, 2.45) is 10.1 Å². The minimum Gasteiger partial charge on any atom is -0.300 e. The van der Waals surface area contributed by atoms with E-state index in [1.807, 2.05) is 0 Å². The summed E-state index contributed by atoms with van der Waals surface area (Å²) in [5, 5.41) is 16.5. The zero-order valence-corrected chi connectivity index (χ0v) is 57.5. The van der Waals surface area contributed by atoms with Crippen LogP contribution < -0.4 is 4.70 Å². The van der Waals surface area contributed by atoms with E-state index in [1.54, 1.807) is 53.3 Å². The van der Waals surface area contributed by atoms with E-state index >= 15 is 0 Å². The third-order valence-electron chi connectivity index (χ3n) is 15.0. The first-order valence-corrected chi connectivity index (χ1v) is 27.5. The molecule has 2 aliphatic heterocycles. The molecule has 0 aliphatic carbocycles. The molecule has 0 saturated heterocycles. The van der Waals surface area contributed by atoms with E-state index in [0.29, 0.717) is 44.5 Å². The van der Waals surface area contributed by atoms with Crippen molar-refractivity contribution in [3.05, 3.63) is 329 Å². The van der Waals surface area contributed by atoms with Crippen LogP contribution >= 0.6 is 0 Å². The number of nitrogens with zero attached hydrogens (tertiary/aromatic N) is 7. The van der Waals surface area contributed by atoms with E-state index in [-0.39, 0.29) is 115 Å². The number of alkyl halides is 6. The van der Waals surface area contributed by atoms with Gasteiger partial charge in [0.2, 0.25) is 5.69 Å². The molecule has 4 radical (unpaired) electrons. The molecule has 0 N–H and O–H groups in total. The van der Waals surface area contributed by atoms with Gasteiger partial charge in [0.05, 0.1) is 40.2 Å². The average molecular weight is 1970 g/mol. The number of azo groups is 2. The number of aliphatic imine (C=N–C) groups is 1. The topological polar surface area (TPSA) is 63.4 Å². The molecule has 2 unspecified atom stereocenters. The summed E-state index contributed by atoms with van der Waals surface area (Å²) < 4.78 is 134. The van der Waals surface area contributed by atoms with Crippen molar-refractivity contribution in [2.45, 2.75) is 30.7 Å². The van der Waals surface area contributed by atoms with Gasteiger partial charge in [-0.2, -0.15) is 66.9 Å². The van der Waals surface area contributed by atoms with Crippen LogP contribution in [0.1, 0.15) is 51.9 Å². The van der Waals surface area contributed by atoms with E-state index in [0.717, 1.165) is 46.7 Å². The summed E-state index contributed by atoms with van der Waals surface area (Å²) in [6.07, 6.45) is -5.87. The molecule has 13 aromatic rings. The number of halogens is 10. The quantitative estimate of drug-likeness (QED) is 0.0946. The summed E-state index contributed by atoms with van der Waals surface area (Å²) >= 11 is 0.